The van der Waals surface area contributed by atoms with Crippen LogP contribution in [0.1, 0.15) is 5.56 Å². The van der Waals surface area contributed by atoms with Gasteiger partial charge in [-0.25, -0.2) is 0 Å². The molecule has 0 aliphatic carbocycles. The van der Waals surface area contributed by atoms with Crippen LogP contribution in [0.2, 0.25) is 5.02 Å². The van der Waals surface area contributed by atoms with E-state index in [1.807, 2.05) is 60.7 Å². The molecule has 7 heteroatoms. The summed E-state index contributed by atoms with van der Waals surface area (Å²) in [6.45, 7) is 0. The fourth-order valence-corrected chi connectivity index (χ4v) is 4.36. The molecule has 3 aromatic carbocycles. The maximum atomic E-state index is 6.09. The molecule has 0 N–H and O–H groups in total. The minimum atomic E-state index is 0.691. The van der Waals surface area contributed by atoms with Crippen molar-refractivity contribution in [1.82, 2.24) is 14.8 Å². The highest BCUT2D eigenvalue weighted by atomic mass is 79.9. The minimum Gasteiger partial charge on any atom is -0.497 e. The summed E-state index contributed by atoms with van der Waals surface area (Å²) in [4.78, 5) is 0. The van der Waals surface area contributed by atoms with E-state index in [-0.39, 0.29) is 0 Å². The Balaban J connectivity index is 1.72. The molecule has 4 aromatic rings. The van der Waals surface area contributed by atoms with Gasteiger partial charge in [0.1, 0.15) is 5.75 Å². The lowest BCUT2D eigenvalue weighted by Gasteiger charge is -2.11. The van der Waals surface area contributed by atoms with Crippen molar-refractivity contribution in [3.8, 4) is 22.8 Å². The Morgan fingerprint density at radius 1 is 1.00 bits per heavy atom. The van der Waals surface area contributed by atoms with Crippen LogP contribution < -0.4 is 4.74 Å². The van der Waals surface area contributed by atoms with Gasteiger partial charge in [0.05, 0.1) is 7.11 Å². The Hall–Kier alpha value is -2.28. The number of nitrogens with zero attached hydrogens (tertiary/aromatic N) is 3. The van der Waals surface area contributed by atoms with Crippen LogP contribution in [-0.4, -0.2) is 21.9 Å². The molecule has 1 heterocycles. The Bertz CT molecular complexity index is 1110. The molecule has 0 radical (unpaired) electrons. The van der Waals surface area contributed by atoms with Crippen LogP contribution in [0.3, 0.4) is 0 Å². The number of aromatic nitrogens is 3. The number of halogens is 2. The molecule has 1 aromatic heterocycles. The highest BCUT2D eigenvalue weighted by Crippen LogP contribution is 2.31. The van der Waals surface area contributed by atoms with Crippen molar-refractivity contribution < 1.29 is 4.74 Å². The third kappa shape index (κ3) is 4.66. The van der Waals surface area contributed by atoms with Gasteiger partial charge in [0.25, 0.3) is 0 Å². The zero-order chi connectivity index (χ0) is 20.2. The molecule has 0 aliphatic heterocycles. The fraction of sp³-hybridized carbons (Fsp3) is 0.0909. The van der Waals surface area contributed by atoms with E-state index < -0.39 is 0 Å². The maximum Gasteiger partial charge on any atom is 0.196 e. The molecular weight excluding hydrogens is 470 g/mol. The lowest BCUT2D eigenvalue weighted by Crippen LogP contribution is -2.00. The van der Waals surface area contributed by atoms with E-state index in [2.05, 4.69) is 42.8 Å². The summed E-state index contributed by atoms with van der Waals surface area (Å²) in [5.74, 6) is 2.36. The van der Waals surface area contributed by atoms with Gasteiger partial charge in [-0.2, -0.15) is 0 Å². The Morgan fingerprint density at radius 3 is 2.45 bits per heavy atom. The molecule has 0 bridgehead atoms. The Labute approximate surface area is 187 Å². The monoisotopic (exact) mass is 485 g/mol. The number of methoxy groups -OCH3 is 1. The predicted molar refractivity (Wildman–Crippen MR) is 122 cm³/mol. The first-order valence-corrected chi connectivity index (χ1v) is 11.0. The average Bonchev–Trinajstić information content (AvgIpc) is 3.17. The fourth-order valence-electron chi connectivity index (χ4n) is 2.89. The first-order valence-electron chi connectivity index (χ1n) is 8.87. The van der Waals surface area contributed by atoms with E-state index in [1.165, 1.54) is 5.56 Å². The topological polar surface area (TPSA) is 39.9 Å². The second-order valence-corrected chi connectivity index (χ2v) is 8.56. The summed E-state index contributed by atoms with van der Waals surface area (Å²) in [5, 5.41) is 10.5. The summed E-state index contributed by atoms with van der Waals surface area (Å²) in [7, 11) is 1.65. The summed E-state index contributed by atoms with van der Waals surface area (Å²) < 4.78 is 8.39. The normalized spacial score (nSPS) is 10.9. The molecule has 0 aliphatic rings. The third-order valence-electron chi connectivity index (χ3n) is 4.32. The van der Waals surface area contributed by atoms with Crippen LogP contribution in [0.4, 0.5) is 0 Å². The van der Waals surface area contributed by atoms with E-state index in [9.17, 15) is 0 Å². The summed E-state index contributed by atoms with van der Waals surface area (Å²) >= 11 is 11.3. The van der Waals surface area contributed by atoms with Crippen LogP contribution >= 0.6 is 39.3 Å². The molecule has 0 unspecified atom stereocenters. The van der Waals surface area contributed by atoms with Crippen molar-refractivity contribution in [1.29, 1.82) is 0 Å². The zero-order valence-electron chi connectivity index (χ0n) is 15.5. The van der Waals surface area contributed by atoms with Gasteiger partial charge in [0.2, 0.25) is 0 Å². The van der Waals surface area contributed by atoms with E-state index in [4.69, 9.17) is 16.3 Å². The average molecular weight is 487 g/mol. The Morgan fingerprint density at radius 2 is 1.76 bits per heavy atom. The molecular formula is C22H17BrClN3OS. The van der Waals surface area contributed by atoms with Gasteiger partial charge < -0.3 is 4.74 Å². The summed E-state index contributed by atoms with van der Waals surface area (Å²) in [6, 6.07) is 23.8. The van der Waals surface area contributed by atoms with Crippen LogP contribution in [0.15, 0.2) is 82.4 Å². The highest BCUT2D eigenvalue weighted by Gasteiger charge is 2.16. The quantitative estimate of drug-likeness (QED) is 0.286. The molecule has 0 amide bonds. The van der Waals surface area contributed by atoms with Crippen molar-refractivity contribution in [2.45, 2.75) is 10.9 Å². The molecule has 0 saturated heterocycles. The zero-order valence-corrected chi connectivity index (χ0v) is 18.7. The molecule has 0 fully saturated rings. The van der Waals surface area contributed by atoms with E-state index >= 15 is 0 Å². The van der Waals surface area contributed by atoms with Crippen molar-refractivity contribution in [2.75, 3.05) is 7.11 Å². The molecule has 0 atom stereocenters. The van der Waals surface area contributed by atoms with E-state index in [0.717, 1.165) is 38.2 Å². The molecule has 0 saturated carbocycles. The van der Waals surface area contributed by atoms with Gasteiger partial charge >= 0.3 is 0 Å². The predicted octanol–water partition coefficient (Wildman–Crippen LogP) is 6.65. The molecule has 4 rings (SSSR count). The molecule has 0 spiro atoms. The lowest BCUT2D eigenvalue weighted by atomic mass is 10.2. The number of ether oxygens (including phenoxy) is 1. The smallest absolute Gasteiger partial charge is 0.196 e. The molecule has 146 valence electrons. The van der Waals surface area contributed by atoms with Crippen LogP contribution in [0, 0.1) is 0 Å². The summed E-state index contributed by atoms with van der Waals surface area (Å²) in [5.41, 5.74) is 3.13. The molecule has 4 nitrogen and oxygen atoms in total. The van der Waals surface area contributed by atoms with Gasteiger partial charge in [-0.1, -0.05) is 51.4 Å². The third-order valence-corrected chi connectivity index (χ3v) is 6.07. The number of benzene rings is 3. The number of hydrogen-bond donors (Lipinski definition) is 0. The maximum absolute atomic E-state index is 6.09. The molecule has 29 heavy (non-hydrogen) atoms. The standard InChI is InChI=1S/C22H17BrClN3OS/c1-28-20-11-5-16(6-12-20)21-25-26-22(27(21)19-9-7-18(24)8-10-19)29-14-15-3-2-4-17(23)13-15/h2-13H,14H2,1H3. The van der Waals surface area contributed by atoms with Crippen molar-refractivity contribution in [3.05, 3.63) is 87.9 Å². The van der Waals surface area contributed by atoms with Gasteiger partial charge in [-0.3, -0.25) is 4.57 Å². The first kappa shape index (κ1) is 20.0. The lowest BCUT2D eigenvalue weighted by molar-refractivity contribution is 0.415. The van der Waals surface area contributed by atoms with Crippen LogP contribution in [-0.2, 0) is 5.75 Å². The van der Waals surface area contributed by atoms with E-state index in [1.54, 1.807) is 18.9 Å². The second kappa shape index (κ2) is 9.03. The number of rotatable bonds is 6. The van der Waals surface area contributed by atoms with Gasteiger partial charge in [-0.05, 0) is 66.2 Å². The van der Waals surface area contributed by atoms with Gasteiger partial charge in [-0.15, -0.1) is 10.2 Å². The van der Waals surface area contributed by atoms with Crippen LogP contribution in [0.25, 0.3) is 17.1 Å². The second-order valence-electron chi connectivity index (χ2n) is 6.27. The van der Waals surface area contributed by atoms with Gasteiger partial charge in [0, 0.05) is 26.5 Å². The SMILES string of the molecule is COc1ccc(-c2nnc(SCc3cccc(Br)c3)n2-c2ccc(Cl)cc2)cc1. The van der Waals surface area contributed by atoms with Crippen LogP contribution in [0.5, 0.6) is 5.75 Å². The summed E-state index contributed by atoms with van der Waals surface area (Å²) in [6.07, 6.45) is 0. The van der Waals surface area contributed by atoms with Crippen molar-refractivity contribution in [2.24, 2.45) is 0 Å². The van der Waals surface area contributed by atoms with Crippen molar-refractivity contribution >= 4 is 39.3 Å². The highest BCUT2D eigenvalue weighted by molar-refractivity contribution is 9.10. The Kier molecular flexibility index (Phi) is 6.23. The van der Waals surface area contributed by atoms with Gasteiger partial charge in [0.15, 0.2) is 11.0 Å². The first-order chi connectivity index (χ1) is 14.1. The van der Waals surface area contributed by atoms with Crippen molar-refractivity contribution in [3.63, 3.8) is 0 Å². The number of thioether (sulfide) groups is 1. The van der Waals surface area contributed by atoms with E-state index in [0.29, 0.717) is 5.02 Å². The largest absolute Gasteiger partial charge is 0.497 e. The minimum absolute atomic E-state index is 0.691. The number of hydrogen-bond acceptors (Lipinski definition) is 4.